The predicted molar refractivity (Wildman–Crippen MR) is 206 cm³/mol. The van der Waals surface area contributed by atoms with Crippen LogP contribution in [0.1, 0.15) is 20.8 Å². The van der Waals surface area contributed by atoms with E-state index < -0.39 is 60.9 Å². The number of nitrogens with zero attached hydrogens (tertiary/aromatic N) is 2. The molecule has 0 bridgehead atoms. The molecule has 2 aliphatic rings. The van der Waals surface area contributed by atoms with E-state index in [4.69, 9.17) is 28.2 Å². The number of halogens is 3. The molecule has 9 nitrogen and oxygen atoms in total. The summed E-state index contributed by atoms with van der Waals surface area (Å²) in [6, 6.07) is 12.0. The van der Waals surface area contributed by atoms with E-state index in [0.717, 1.165) is 18.2 Å². The molecule has 5 atom stereocenters. The number of hydrogen-bond acceptors (Lipinski definition) is 8. The number of fused-ring (bicyclic) bond motifs is 2. The Morgan fingerprint density at radius 3 is 2.09 bits per heavy atom. The zero-order valence-corrected chi connectivity index (χ0v) is 34.7. The first-order valence-corrected chi connectivity index (χ1v) is 26.4. The van der Waals surface area contributed by atoms with Gasteiger partial charge in [0.05, 0.1) is 45.6 Å². The summed E-state index contributed by atoms with van der Waals surface area (Å²) in [5, 5.41) is 0.0167. The SMILES string of the molecule is CC(C)(C)[Si](C)(C)O[C@@H]1CO[C@H]2[C@@H]1OC[C@H]2Oc1cc2nc(-c3c(F)cc(-c4ccc(S(C)(=N)=O)cc4)cc3F)c(F)cc2n1COCC[Si](C)(C)C. The Morgan fingerprint density at radius 2 is 1.51 bits per heavy atom. The molecule has 2 saturated heterocycles. The molecule has 0 aliphatic carbocycles. The molecule has 0 saturated carbocycles. The Bertz CT molecular complexity index is 2080. The lowest BCUT2D eigenvalue weighted by Gasteiger charge is -2.39. The summed E-state index contributed by atoms with van der Waals surface area (Å²) in [7, 11) is -6.45. The second-order valence-corrected chi connectivity index (χ2v) is 29.4. The molecular weight excluding hydrogens is 740 g/mol. The Kier molecular flexibility index (Phi) is 10.9. The molecule has 4 heterocycles. The minimum Gasteiger partial charge on any atom is -0.470 e. The van der Waals surface area contributed by atoms with E-state index in [-0.39, 0.29) is 47.8 Å². The highest BCUT2D eigenvalue weighted by atomic mass is 32.2. The summed E-state index contributed by atoms with van der Waals surface area (Å²) >= 11 is 0. The largest absolute Gasteiger partial charge is 0.470 e. The van der Waals surface area contributed by atoms with Crippen LogP contribution in [0.5, 0.6) is 5.88 Å². The fraction of sp³-hybridized carbons (Fsp3) is 0.500. The average Bonchev–Trinajstić information content (AvgIpc) is 3.72. The maximum absolute atomic E-state index is 15.9. The van der Waals surface area contributed by atoms with Crippen LogP contribution in [-0.2, 0) is 35.1 Å². The minimum atomic E-state index is -2.95. The van der Waals surface area contributed by atoms with Gasteiger partial charge in [0.1, 0.15) is 36.3 Å². The van der Waals surface area contributed by atoms with Gasteiger partial charge in [-0.3, -0.25) is 4.57 Å². The molecule has 0 radical (unpaired) electrons. The third-order valence-electron chi connectivity index (χ3n) is 10.4. The lowest BCUT2D eigenvalue weighted by atomic mass is 10.0. The van der Waals surface area contributed by atoms with E-state index in [1.54, 1.807) is 10.6 Å². The van der Waals surface area contributed by atoms with Crippen LogP contribution >= 0.6 is 0 Å². The van der Waals surface area contributed by atoms with Crippen molar-refractivity contribution < 1.29 is 40.8 Å². The molecule has 2 aromatic heterocycles. The van der Waals surface area contributed by atoms with Gasteiger partial charge in [0.2, 0.25) is 0 Å². The quantitative estimate of drug-likeness (QED) is 0.113. The van der Waals surface area contributed by atoms with Crippen LogP contribution in [0, 0.1) is 22.2 Å². The van der Waals surface area contributed by atoms with Crippen molar-refractivity contribution in [3.63, 3.8) is 0 Å². The topological polar surface area (TPSA) is 105 Å². The standard InChI is InChI=1S/C38H50F3N3O6SSi2/c1-38(2,3)53(8,9)50-32-21-48-36-31(20-47-37(32)36)49-33-19-29-30(44(33)22-46-14-15-52(5,6)7)18-28(41)35(43-29)34-26(39)16-24(17-27(34)40)23-10-12-25(13-11-23)51(4,42)45/h10-13,16-19,31-32,36-37,42H,14-15,20-22H2,1-9H3/t31-,32-,36-,37-,51?/m1/s1. The summed E-state index contributed by atoms with van der Waals surface area (Å²) in [6.45, 7) is 18.9. The van der Waals surface area contributed by atoms with Gasteiger partial charge in [-0.05, 0) is 59.6 Å². The first-order valence-electron chi connectivity index (χ1n) is 17.8. The molecule has 53 heavy (non-hydrogen) atoms. The average molecular weight is 790 g/mol. The van der Waals surface area contributed by atoms with Crippen LogP contribution in [0.3, 0.4) is 0 Å². The predicted octanol–water partition coefficient (Wildman–Crippen LogP) is 9.07. The van der Waals surface area contributed by atoms with Crippen LogP contribution < -0.4 is 4.74 Å². The highest BCUT2D eigenvalue weighted by Gasteiger charge is 2.52. The second-order valence-electron chi connectivity index (χ2n) is 16.8. The van der Waals surface area contributed by atoms with Gasteiger partial charge in [-0.15, -0.1) is 0 Å². The first-order chi connectivity index (χ1) is 24.6. The lowest BCUT2D eigenvalue weighted by molar-refractivity contribution is 0.00859. The molecule has 2 aliphatic heterocycles. The third kappa shape index (κ3) is 8.46. The molecule has 0 amide bonds. The Labute approximate surface area is 312 Å². The van der Waals surface area contributed by atoms with Gasteiger partial charge >= 0.3 is 0 Å². The smallest absolute Gasteiger partial charge is 0.198 e. The Morgan fingerprint density at radius 1 is 0.906 bits per heavy atom. The first kappa shape index (κ1) is 39.6. The van der Waals surface area contributed by atoms with Crippen LogP contribution in [0.25, 0.3) is 33.4 Å². The number of nitrogens with one attached hydrogen (secondary N) is 1. The maximum Gasteiger partial charge on any atom is 0.198 e. The van der Waals surface area contributed by atoms with Crippen LogP contribution in [0.2, 0.25) is 43.8 Å². The number of pyridine rings is 1. The van der Waals surface area contributed by atoms with E-state index in [0.29, 0.717) is 35.1 Å². The van der Waals surface area contributed by atoms with Crippen molar-refractivity contribution in [2.75, 3.05) is 26.1 Å². The van der Waals surface area contributed by atoms with Crippen molar-refractivity contribution in [3.8, 4) is 28.3 Å². The highest BCUT2D eigenvalue weighted by molar-refractivity contribution is 7.91. The fourth-order valence-electron chi connectivity index (χ4n) is 6.28. The Balaban J connectivity index is 1.30. The zero-order chi connectivity index (χ0) is 38.7. The van der Waals surface area contributed by atoms with Crippen LogP contribution in [0.4, 0.5) is 13.2 Å². The van der Waals surface area contributed by atoms with Crippen molar-refractivity contribution in [2.45, 2.75) is 101 Å². The normalized spacial score (nSPS) is 22.0. The van der Waals surface area contributed by atoms with Gasteiger partial charge in [0.25, 0.3) is 0 Å². The van der Waals surface area contributed by atoms with E-state index in [1.165, 1.54) is 36.6 Å². The van der Waals surface area contributed by atoms with Crippen LogP contribution in [-0.4, -0.2) is 80.6 Å². The molecule has 2 fully saturated rings. The second kappa shape index (κ2) is 14.5. The summed E-state index contributed by atoms with van der Waals surface area (Å²) in [4.78, 5) is 4.73. The molecular formula is C38H50F3N3O6SSi2. The minimum absolute atomic E-state index is 0.0167. The molecule has 4 aromatic rings. The summed E-state index contributed by atoms with van der Waals surface area (Å²) in [5.41, 5.74) is 0.172. The van der Waals surface area contributed by atoms with Gasteiger partial charge in [-0.1, -0.05) is 52.5 Å². The number of aromatic nitrogens is 2. The maximum atomic E-state index is 15.9. The van der Waals surface area contributed by atoms with Crippen molar-refractivity contribution in [3.05, 3.63) is 66.0 Å². The van der Waals surface area contributed by atoms with Gasteiger partial charge in [0, 0.05) is 38.0 Å². The lowest BCUT2D eigenvalue weighted by Crippen LogP contribution is -2.47. The summed E-state index contributed by atoms with van der Waals surface area (Å²) in [5.74, 6) is -2.57. The van der Waals surface area contributed by atoms with Crippen molar-refractivity contribution in [1.29, 1.82) is 4.78 Å². The van der Waals surface area contributed by atoms with E-state index in [2.05, 4.69) is 58.5 Å². The van der Waals surface area contributed by atoms with Crippen LogP contribution in [0.15, 0.2) is 53.4 Å². The molecule has 0 spiro atoms. The number of ether oxygens (including phenoxy) is 4. The Hall–Kier alpha value is -3.06. The van der Waals surface area contributed by atoms with E-state index >= 15 is 13.2 Å². The molecule has 6 rings (SSSR count). The van der Waals surface area contributed by atoms with E-state index in [9.17, 15) is 4.21 Å². The number of rotatable bonds is 12. The van der Waals surface area contributed by atoms with Gasteiger partial charge < -0.3 is 23.4 Å². The van der Waals surface area contributed by atoms with Crippen molar-refractivity contribution in [1.82, 2.24) is 9.55 Å². The third-order valence-corrected chi connectivity index (χ3v) is 17.8. The summed E-state index contributed by atoms with van der Waals surface area (Å²) < 4.78 is 101. The van der Waals surface area contributed by atoms with Gasteiger partial charge in [-0.25, -0.2) is 27.1 Å². The summed E-state index contributed by atoms with van der Waals surface area (Å²) in [6.07, 6.45) is -0.121. The highest BCUT2D eigenvalue weighted by Crippen LogP contribution is 2.41. The van der Waals surface area contributed by atoms with E-state index in [1.807, 2.05) is 0 Å². The molecule has 1 unspecified atom stereocenters. The monoisotopic (exact) mass is 789 g/mol. The molecule has 15 heteroatoms. The van der Waals surface area contributed by atoms with Gasteiger partial charge in [-0.2, -0.15) is 0 Å². The molecule has 1 N–H and O–H groups in total. The fourth-order valence-corrected chi connectivity index (χ4v) is 9.01. The number of hydrogen-bond donors (Lipinski definition) is 1. The zero-order valence-electron chi connectivity index (χ0n) is 31.8. The number of benzene rings is 2. The van der Waals surface area contributed by atoms with Crippen molar-refractivity contribution in [2.24, 2.45) is 0 Å². The molecule has 2 aromatic carbocycles. The van der Waals surface area contributed by atoms with Crippen molar-refractivity contribution >= 4 is 37.2 Å². The van der Waals surface area contributed by atoms with Gasteiger partial charge in [0.15, 0.2) is 26.1 Å². The molecule has 288 valence electrons.